The van der Waals surface area contributed by atoms with Gasteiger partial charge >= 0.3 is 5.97 Å². The Kier molecular flexibility index (Phi) is 2.19. The van der Waals surface area contributed by atoms with Gasteiger partial charge in [-0.1, -0.05) is 11.3 Å². The molecule has 0 aliphatic rings. The molecule has 2 aromatic rings. The molecule has 0 radical (unpaired) electrons. The highest BCUT2D eigenvalue weighted by Gasteiger charge is 2.11. The highest BCUT2D eigenvalue weighted by Crippen LogP contribution is 2.10. The molecule has 0 bridgehead atoms. The molecule has 0 saturated carbocycles. The van der Waals surface area contributed by atoms with Crippen molar-refractivity contribution in [2.24, 2.45) is 0 Å². The van der Waals surface area contributed by atoms with Crippen LogP contribution >= 0.6 is 11.3 Å². The lowest BCUT2D eigenvalue weighted by molar-refractivity contribution is -0.136. The third-order valence-corrected chi connectivity index (χ3v) is 2.59. The number of carbonyl (C=O) groups is 1. The summed E-state index contributed by atoms with van der Waals surface area (Å²) in [6, 6.07) is 0. The fraction of sp³-hybridized carbons (Fsp3) is 0.286. The van der Waals surface area contributed by atoms with Gasteiger partial charge in [-0.3, -0.25) is 9.59 Å². The Bertz CT molecular complexity index is 587. The topological polar surface area (TPSA) is 97.4 Å². The SMILES string of the molecule is Cc1nnc2sc(CC(=O)O)nn2c1=O. The standard InChI is InChI=1S/C7H6N4O3S/c1-3-6(14)11-7(9-8-3)15-4(10-11)2-5(12)13/h2H2,1H3,(H,12,13). The number of fused-ring (bicyclic) bond motifs is 1. The van der Waals surface area contributed by atoms with Crippen LogP contribution in [0.5, 0.6) is 0 Å². The van der Waals surface area contributed by atoms with Gasteiger partial charge in [0.25, 0.3) is 5.56 Å². The lowest BCUT2D eigenvalue weighted by atomic mass is 10.5. The van der Waals surface area contributed by atoms with E-state index in [9.17, 15) is 9.59 Å². The van der Waals surface area contributed by atoms with E-state index in [0.29, 0.717) is 9.97 Å². The van der Waals surface area contributed by atoms with Crippen molar-refractivity contribution < 1.29 is 9.90 Å². The van der Waals surface area contributed by atoms with Gasteiger partial charge in [0, 0.05) is 0 Å². The number of carboxylic acids is 1. The molecule has 78 valence electrons. The Morgan fingerprint density at radius 1 is 1.53 bits per heavy atom. The molecule has 0 amide bonds. The third-order valence-electron chi connectivity index (χ3n) is 1.69. The highest BCUT2D eigenvalue weighted by molar-refractivity contribution is 7.16. The minimum Gasteiger partial charge on any atom is -0.481 e. The van der Waals surface area contributed by atoms with Crippen LogP contribution in [0.25, 0.3) is 4.96 Å². The van der Waals surface area contributed by atoms with Crippen molar-refractivity contribution in [3.63, 3.8) is 0 Å². The quantitative estimate of drug-likeness (QED) is 0.740. The van der Waals surface area contributed by atoms with E-state index in [2.05, 4.69) is 15.3 Å². The lowest BCUT2D eigenvalue weighted by Crippen LogP contribution is -2.19. The van der Waals surface area contributed by atoms with Crippen LogP contribution in [-0.4, -0.2) is 30.9 Å². The Labute approximate surface area is 87.0 Å². The second kappa shape index (κ2) is 3.39. The van der Waals surface area contributed by atoms with E-state index >= 15 is 0 Å². The van der Waals surface area contributed by atoms with Crippen LogP contribution in [0.2, 0.25) is 0 Å². The van der Waals surface area contributed by atoms with Gasteiger partial charge in [-0.25, -0.2) is 0 Å². The van der Waals surface area contributed by atoms with Gasteiger partial charge in [0.05, 0.1) is 6.42 Å². The number of carboxylic acid groups (broad SMARTS) is 1. The van der Waals surface area contributed by atoms with E-state index in [0.717, 1.165) is 15.9 Å². The summed E-state index contributed by atoms with van der Waals surface area (Å²) < 4.78 is 1.07. The van der Waals surface area contributed by atoms with Crippen molar-refractivity contribution in [1.82, 2.24) is 19.8 Å². The van der Waals surface area contributed by atoms with Gasteiger partial charge in [0.1, 0.15) is 10.7 Å². The number of nitrogens with zero attached hydrogens (tertiary/aromatic N) is 4. The molecule has 0 fully saturated rings. The largest absolute Gasteiger partial charge is 0.481 e. The Morgan fingerprint density at radius 3 is 2.93 bits per heavy atom. The van der Waals surface area contributed by atoms with E-state index in [1.54, 1.807) is 0 Å². The molecule has 0 aliphatic carbocycles. The molecule has 1 N–H and O–H groups in total. The Morgan fingerprint density at radius 2 is 2.27 bits per heavy atom. The Hall–Kier alpha value is -1.83. The fourth-order valence-electron chi connectivity index (χ4n) is 1.03. The minimum atomic E-state index is -0.994. The zero-order valence-corrected chi connectivity index (χ0v) is 8.48. The molecule has 0 aromatic carbocycles. The van der Waals surface area contributed by atoms with Crippen molar-refractivity contribution in [2.45, 2.75) is 13.3 Å². The monoisotopic (exact) mass is 226 g/mol. The molecular weight excluding hydrogens is 220 g/mol. The first-order valence-electron chi connectivity index (χ1n) is 4.02. The van der Waals surface area contributed by atoms with E-state index in [1.165, 1.54) is 6.92 Å². The molecule has 0 spiro atoms. The molecule has 7 nitrogen and oxygen atoms in total. The van der Waals surface area contributed by atoms with E-state index in [-0.39, 0.29) is 17.7 Å². The van der Waals surface area contributed by atoms with E-state index in [1.807, 2.05) is 0 Å². The summed E-state index contributed by atoms with van der Waals surface area (Å²) in [6.07, 6.45) is -0.216. The average molecular weight is 226 g/mol. The molecular formula is C7H6N4O3S. The van der Waals surface area contributed by atoms with Gasteiger partial charge in [0.15, 0.2) is 0 Å². The summed E-state index contributed by atoms with van der Waals surface area (Å²) in [6.45, 7) is 1.53. The summed E-state index contributed by atoms with van der Waals surface area (Å²) in [4.78, 5) is 22.2. The molecule has 2 aromatic heterocycles. The second-order valence-electron chi connectivity index (χ2n) is 2.85. The molecule has 8 heteroatoms. The summed E-state index contributed by atoms with van der Waals surface area (Å²) in [5, 5.41) is 20.1. The first kappa shape index (κ1) is 9.71. The summed E-state index contributed by atoms with van der Waals surface area (Å²) in [5.74, 6) is -0.994. The second-order valence-corrected chi connectivity index (χ2v) is 3.89. The summed E-state index contributed by atoms with van der Waals surface area (Å²) >= 11 is 1.05. The molecule has 15 heavy (non-hydrogen) atoms. The number of aliphatic carboxylic acids is 1. The predicted molar refractivity (Wildman–Crippen MR) is 51.0 cm³/mol. The van der Waals surface area contributed by atoms with Crippen LogP contribution in [0.4, 0.5) is 0 Å². The molecule has 0 saturated heterocycles. The van der Waals surface area contributed by atoms with Crippen LogP contribution in [0, 0.1) is 6.92 Å². The van der Waals surface area contributed by atoms with Crippen LogP contribution in [0.15, 0.2) is 4.79 Å². The average Bonchev–Trinajstić information content (AvgIpc) is 2.54. The van der Waals surface area contributed by atoms with Gasteiger partial charge in [-0.05, 0) is 6.92 Å². The maximum atomic E-state index is 11.5. The number of hydrogen-bond acceptors (Lipinski definition) is 6. The van der Waals surface area contributed by atoms with Gasteiger partial charge in [-0.15, -0.1) is 10.2 Å². The van der Waals surface area contributed by atoms with Crippen LogP contribution < -0.4 is 5.56 Å². The Balaban J connectivity index is 2.61. The number of rotatable bonds is 2. The van der Waals surface area contributed by atoms with Gasteiger partial charge in [-0.2, -0.15) is 9.61 Å². The fourth-order valence-corrected chi connectivity index (χ4v) is 1.85. The van der Waals surface area contributed by atoms with Crippen LogP contribution in [0.1, 0.15) is 10.7 Å². The number of aromatic nitrogens is 4. The predicted octanol–water partition coefficient (Wildman–Crippen LogP) is -0.518. The number of hydrogen-bond donors (Lipinski definition) is 1. The molecule has 0 unspecified atom stereocenters. The smallest absolute Gasteiger partial charge is 0.310 e. The van der Waals surface area contributed by atoms with Crippen molar-refractivity contribution in [2.75, 3.05) is 0 Å². The van der Waals surface area contributed by atoms with Gasteiger partial charge < -0.3 is 5.11 Å². The molecule has 2 heterocycles. The van der Waals surface area contributed by atoms with E-state index < -0.39 is 5.97 Å². The first-order valence-corrected chi connectivity index (χ1v) is 4.83. The molecule has 0 atom stereocenters. The maximum absolute atomic E-state index is 11.5. The summed E-state index contributed by atoms with van der Waals surface area (Å²) in [7, 11) is 0. The zero-order valence-electron chi connectivity index (χ0n) is 7.67. The molecule has 2 rings (SSSR count). The van der Waals surface area contributed by atoms with Crippen molar-refractivity contribution in [3.8, 4) is 0 Å². The lowest BCUT2D eigenvalue weighted by Gasteiger charge is -1.88. The molecule has 0 aliphatic heterocycles. The van der Waals surface area contributed by atoms with Crippen molar-refractivity contribution in [3.05, 3.63) is 21.1 Å². The summed E-state index contributed by atoms with van der Waals surface area (Å²) in [5.41, 5.74) is -0.132. The first-order chi connectivity index (χ1) is 7.08. The van der Waals surface area contributed by atoms with Crippen molar-refractivity contribution in [1.29, 1.82) is 0 Å². The van der Waals surface area contributed by atoms with Crippen LogP contribution in [-0.2, 0) is 11.2 Å². The third kappa shape index (κ3) is 1.71. The normalized spacial score (nSPS) is 10.7. The zero-order chi connectivity index (χ0) is 11.0. The van der Waals surface area contributed by atoms with Crippen LogP contribution in [0.3, 0.4) is 0 Å². The number of aryl methyl sites for hydroxylation is 1. The van der Waals surface area contributed by atoms with Gasteiger partial charge in [0.2, 0.25) is 4.96 Å². The van der Waals surface area contributed by atoms with Crippen molar-refractivity contribution >= 4 is 22.3 Å². The minimum absolute atomic E-state index is 0.216. The highest BCUT2D eigenvalue weighted by atomic mass is 32.1. The maximum Gasteiger partial charge on any atom is 0.310 e. The van der Waals surface area contributed by atoms with E-state index in [4.69, 9.17) is 5.11 Å².